The zero-order valence-electron chi connectivity index (χ0n) is 16.2. The van der Waals surface area contributed by atoms with Crippen molar-refractivity contribution in [3.8, 4) is 11.5 Å². The molecule has 9 heteroatoms. The third kappa shape index (κ3) is 5.86. The van der Waals surface area contributed by atoms with Crippen LogP contribution in [0.4, 0.5) is 0 Å². The Kier molecular flexibility index (Phi) is 7.85. The molecule has 0 saturated carbocycles. The Morgan fingerprint density at radius 3 is 2.41 bits per heavy atom. The summed E-state index contributed by atoms with van der Waals surface area (Å²) in [5.41, 5.74) is 5.08. The number of hydrogen-bond acceptors (Lipinski definition) is 5. The zero-order chi connectivity index (χ0) is 21.4. The molecular formula is C20H22ClN3O5. The van der Waals surface area contributed by atoms with Gasteiger partial charge < -0.3 is 14.8 Å². The van der Waals surface area contributed by atoms with Gasteiger partial charge in [-0.3, -0.25) is 25.2 Å². The topological polar surface area (TPSA) is 106 Å². The number of methoxy groups -OCH3 is 1. The van der Waals surface area contributed by atoms with Crippen LogP contribution in [0.15, 0.2) is 42.5 Å². The van der Waals surface area contributed by atoms with Crippen molar-refractivity contribution >= 4 is 29.3 Å². The standard InChI is InChI=1S/C20H22ClN3O5/c1-4-29-16-10-9-13(11-17(16)28-3)19(26)24-23-18(25)12(2)22-20(27)14-7-5-6-8-15(14)21/h5-12H,4H2,1-3H3,(H,22,27)(H,23,25)(H,24,26)/t12-/m0/s1. The summed E-state index contributed by atoms with van der Waals surface area (Å²) >= 11 is 5.97. The van der Waals surface area contributed by atoms with Gasteiger partial charge in [0.25, 0.3) is 17.7 Å². The van der Waals surface area contributed by atoms with E-state index in [1.54, 1.807) is 30.3 Å². The quantitative estimate of drug-likeness (QED) is 0.597. The van der Waals surface area contributed by atoms with E-state index in [4.69, 9.17) is 21.1 Å². The molecule has 3 N–H and O–H groups in total. The first kappa shape index (κ1) is 22.0. The molecule has 2 rings (SSSR count). The second-order valence-corrected chi connectivity index (χ2v) is 6.32. The van der Waals surface area contributed by atoms with Crippen molar-refractivity contribution in [3.63, 3.8) is 0 Å². The molecule has 154 valence electrons. The number of nitrogens with one attached hydrogen (secondary N) is 3. The highest BCUT2D eigenvalue weighted by Crippen LogP contribution is 2.27. The van der Waals surface area contributed by atoms with E-state index in [0.29, 0.717) is 18.1 Å². The molecule has 0 saturated heterocycles. The van der Waals surface area contributed by atoms with E-state index >= 15 is 0 Å². The summed E-state index contributed by atoms with van der Waals surface area (Å²) in [5, 5.41) is 2.79. The van der Waals surface area contributed by atoms with Gasteiger partial charge in [-0.15, -0.1) is 0 Å². The van der Waals surface area contributed by atoms with Crippen molar-refractivity contribution in [2.75, 3.05) is 13.7 Å². The van der Waals surface area contributed by atoms with Gasteiger partial charge in [0, 0.05) is 5.56 Å². The molecule has 0 aromatic heterocycles. The Labute approximate surface area is 173 Å². The predicted octanol–water partition coefficient (Wildman–Crippen LogP) is 2.33. The SMILES string of the molecule is CCOc1ccc(C(=O)NNC(=O)[C@H](C)NC(=O)c2ccccc2Cl)cc1OC. The minimum absolute atomic E-state index is 0.249. The van der Waals surface area contributed by atoms with E-state index in [9.17, 15) is 14.4 Å². The number of benzene rings is 2. The maximum atomic E-state index is 12.3. The Balaban J connectivity index is 1.93. The van der Waals surface area contributed by atoms with E-state index in [2.05, 4.69) is 16.2 Å². The maximum absolute atomic E-state index is 12.3. The molecule has 29 heavy (non-hydrogen) atoms. The molecule has 0 spiro atoms. The van der Waals surface area contributed by atoms with Gasteiger partial charge in [0.05, 0.1) is 24.3 Å². The number of hydrogen-bond donors (Lipinski definition) is 3. The van der Waals surface area contributed by atoms with Crippen LogP contribution in [0.1, 0.15) is 34.6 Å². The number of halogens is 1. The van der Waals surface area contributed by atoms with Gasteiger partial charge in [0.15, 0.2) is 11.5 Å². The summed E-state index contributed by atoms with van der Waals surface area (Å²) in [6.45, 7) is 3.77. The van der Waals surface area contributed by atoms with Crippen molar-refractivity contribution < 1.29 is 23.9 Å². The van der Waals surface area contributed by atoms with Gasteiger partial charge in [-0.05, 0) is 44.2 Å². The van der Waals surface area contributed by atoms with Crippen LogP contribution in [0, 0.1) is 0 Å². The predicted molar refractivity (Wildman–Crippen MR) is 108 cm³/mol. The van der Waals surface area contributed by atoms with Crippen LogP contribution >= 0.6 is 11.6 Å². The van der Waals surface area contributed by atoms with E-state index in [0.717, 1.165) is 0 Å². The van der Waals surface area contributed by atoms with Crippen LogP contribution in [-0.4, -0.2) is 37.5 Å². The Hall–Kier alpha value is -3.26. The molecule has 2 aromatic rings. The lowest BCUT2D eigenvalue weighted by Gasteiger charge is -2.15. The molecule has 1 atom stereocenters. The van der Waals surface area contributed by atoms with Crippen molar-refractivity contribution in [2.45, 2.75) is 19.9 Å². The number of hydrazine groups is 1. The number of ether oxygens (including phenoxy) is 2. The number of rotatable bonds is 7. The zero-order valence-corrected chi connectivity index (χ0v) is 17.0. The first-order valence-electron chi connectivity index (χ1n) is 8.83. The fourth-order valence-electron chi connectivity index (χ4n) is 2.37. The van der Waals surface area contributed by atoms with Crippen LogP contribution in [-0.2, 0) is 4.79 Å². The minimum atomic E-state index is -0.908. The van der Waals surface area contributed by atoms with Gasteiger partial charge in [0.2, 0.25) is 0 Å². The summed E-state index contributed by atoms with van der Waals surface area (Å²) in [4.78, 5) is 36.7. The second-order valence-electron chi connectivity index (χ2n) is 5.92. The van der Waals surface area contributed by atoms with E-state index < -0.39 is 23.8 Å². The third-order valence-corrected chi connectivity index (χ3v) is 4.21. The summed E-state index contributed by atoms with van der Waals surface area (Å²) < 4.78 is 10.6. The van der Waals surface area contributed by atoms with Gasteiger partial charge in [-0.25, -0.2) is 0 Å². The molecule has 0 aliphatic heterocycles. The van der Waals surface area contributed by atoms with Crippen LogP contribution in [0.25, 0.3) is 0 Å². The van der Waals surface area contributed by atoms with Crippen molar-refractivity contribution in [1.82, 2.24) is 16.2 Å². The highest BCUT2D eigenvalue weighted by molar-refractivity contribution is 6.33. The molecule has 3 amide bonds. The van der Waals surface area contributed by atoms with Crippen molar-refractivity contribution in [1.29, 1.82) is 0 Å². The highest BCUT2D eigenvalue weighted by Gasteiger charge is 2.19. The van der Waals surface area contributed by atoms with E-state index in [-0.39, 0.29) is 16.1 Å². The van der Waals surface area contributed by atoms with Gasteiger partial charge in [-0.2, -0.15) is 0 Å². The van der Waals surface area contributed by atoms with Crippen molar-refractivity contribution in [3.05, 3.63) is 58.6 Å². The molecule has 0 aliphatic rings. The molecule has 8 nitrogen and oxygen atoms in total. The maximum Gasteiger partial charge on any atom is 0.269 e. The molecule has 0 unspecified atom stereocenters. The number of amides is 3. The molecule has 0 bridgehead atoms. The molecule has 0 heterocycles. The molecule has 0 aliphatic carbocycles. The largest absolute Gasteiger partial charge is 0.493 e. The summed E-state index contributed by atoms with van der Waals surface area (Å²) in [6.07, 6.45) is 0. The summed E-state index contributed by atoms with van der Waals surface area (Å²) in [7, 11) is 1.46. The van der Waals surface area contributed by atoms with Gasteiger partial charge >= 0.3 is 0 Å². The minimum Gasteiger partial charge on any atom is -0.493 e. The Bertz CT molecular complexity index is 903. The molecule has 0 fully saturated rings. The van der Waals surface area contributed by atoms with Crippen molar-refractivity contribution in [2.24, 2.45) is 0 Å². The van der Waals surface area contributed by atoms with Crippen LogP contribution in [0.5, 0.6) is 11.5 Å². The van der Waals surface area contributed by atoms with Crippen LogP contribution in [0.3, 0.4) is 0 Å². The lowest BCUT2D eigenvalue weighted by atomic mass is 10.2. The van der Waals surface area contributed by atoms with Gasteiger partial charge in [0.1, 0.15) is 6.04 Å². The highest BCUT2D eigenvalue weighted by atomic mass is 35.5. The fraction of sp³-hybridized carbons (Fsp3) is 0.250. The normalized spacial score (nSPS) is 11.2. The van der Waals surface area contributed by atoms with Gasteiger partial charge in [-0.1, -0.05) is 23.7 Å². The van der Waals surface area contributed by atoms with Crippen LogP contribution < -0.4 is 25.6 Å². The first-order valence-corrected chi connectivity index (χ1v) is 9.21. The summed E-state index contributed by atoms with van der Waals surface area (Å²) in [6, 6.07) is 10.2. The summed E-state index contributed by atoms with van der Waals surface area (Å²) in [5.74, 6) is -0.750. The molecule has 2 aromatic carbocycles. The van der Waals surface area contributed by atoms with Crippen LogP contribution in [0.2, 0.25) is 5.02 Å². The Morgan fingerprint density at radius 2 is 1.76 bits per heavy atom. The lowest BCUT2D eigenvalue weighted by molar-refractivity contribution is -0.123. The first-order chi connectivity index (χ1) is 13.9. The number of carbonyl (C=O) groups excluding carboxylic acids is 3. The fourth-order valence-corrected chi connectivity index (χ4v) is 2.59. The molecular weight excluding hydrogens is 398 g/mol. The number of carbonyl (C=O) groups is 3. The second kappa shape index (κ2) is 10.3. The van der Waals surface area contributed by atoms with E-state index in [1.807, 2.05) is 6.92 Å². The lowest BCUT2D eigenvalue weighted by Crippen LogP contribution is -2.51. The molecule has 0 radical (unpaired) electrons. The average molecular weight is 420 g/mol. The third-order valence-electron chi connectivity index (χ3n) is 3.88. The average Bonchev–Trinajstić information content (AvgIpc) is 2.72. The smallest absolute Gasteiger partial charge is 0.269 e. The van der Waals surface area contributed by atoms with E-state index in [1.165, 1.54) is 26.2 Å². The monoisotopic (exact) mass is 419 g/mol. The Morgan fingerprint density at radius 1 is 1.03 bits per heavy atom.